The first-order chi connectivity index (χ1) is 11.7. The van der Waals surface area contributed by atoms with Crippen LogP contribution in [0.15, 0.2) is 36.1 Å². The molecule has 126 valence electrons. The van der Waals surface area contributed by atoms with Gasteiger partial charge in [0.2, 0.25) is 5.91 Å². The van der Waals surface area contributed by atoms with E-state index in [-0.39, 0.29) is 11.9 Å². The van der Waals surface area contributed by atoms with Gasteiger partial charge in [0, 0.05) is 35.2 Å². The van der Waals surface area contributed by atoms with Crippen LogP contribution in [0.3, 0.4) is 0 Å². The second kappa shape index (κ2) is 7.76. The van der Waals surface area contributed by atoms with E-state index in [4.69, 9.17) is 0 Å². The number of amides is 1. The van der Waals surface area contributed by atoms with Crippen LogP contribution in [0.25, 0.3) is 10.2 Å². The number of nitrogens with zero attached hydrogens (tertiary/aromatic N) is 4. The SMILES string of the molecule is CCC(Cn1ccnc1)NC(=O)CSc1ncnc2sc(C)cc12. The number of carbonyl (C=O) groups is 1. The molecule has 3 heterocycles. The number of thioether (sulfide) groups is 1. The van der Waals surface area contributed by atoms with E-state index in [9.17, 15) is 4.79 Å². The molecule has 24 heavy (non-hydrogen) atoms. The number of aromatic nitrogens is 4. The minimum absolute atomic E-state index is 0.0191. The van der Waals surface area contributed by atoms with Gasteiger partial charge in [-0.15, -0.1) is 11.3 Å². The summed E-state index contributed by atoms with van der Waals surface area (Å²) in [5, 5.41) is 4.97. The molecule has 0 fully saturated rings. The van der Waals surface area contributed by atoms with Crippen LogP contribution in [0.5, 0.6) is 0 Å². The Balaban J connectivity index is 1.58. The van der Waals surface area contributed by atoms with Crippen molar-refractivity contribution >= 4 is 39.2 Å². The molecule has 0 radical (unpaired) electrons. The van der Waals surface area contributed by atoms with Gasteiger partial charge in [-0.3, -0.25) is 4.79 Å². The van der Waals surface area contributed by atoms with Crippen molar-refractivity contribution in [1.29, 1.82) is 0 Å². The lowest BCUT2D eigenvalue weighted by Crippen LogP contribution is -2.38. The molecular formula is C16H19N5OS2. The molecule has 6 nitrogen and oxygen atoms in total. The first kappa shape index (κ1) is 16.9. The quantitative estimate of drug-likeness (QED) is 0.517. The predicted molar refractivity (Wildman–Crippen MR) is 97.3 cm³/mol. The van der Waals surface area contributed by atoms with Gasteiger partial charge in [0.25, 0.3) is 0 Å². The number of thiophene rings is 1. The van der Waals surface area contributed by atoms with Crippen LogP contribution in [0.1, 0.15) is 18.2 Å². The molecule has 0 aliphatic rings. The van der Waals surface area contributed by atoms with Gasteiger partial charge in [-0.05, 0) is 19.4 Å². The van der Waals surface area contributed by atoms with E-state index in [1.54, 1.807) is 30.2 Å². The summed E-state index contributed by atoms with van der Waals surface area (Å²) in [6, 6.07) is 2.18. The van der Waals surface area contributed by atoms with Crippen molar-refractivity contribution in [2.75, 3.05) is 5.75 Å². The Bertz CT molecular complexity index is 815. The van der Waals surface area contributed by atoms with Gasteiger partial charge >= 0.3 is 0 Å². The van der Waals surface area contributed by atoms with E-state index in [0.29, 0.717) is 5.75 Å². The van der Waals surface area contributed by atoms with Crippen molar-refractivity contribution < 1.29 is 4.79 Å². The van der Waals surface area contributed by atoms with Crippen LogP contribution >= 0.6 is 23.1 Å². The predicted octanol–water partition coefficient (Wildman–Crippen LogP) is 2.88. The number of imidazole rings is 1. The average Bonchev–Trinajstić information content (AvgIpc) is 3.20. The molecule has 3 aromatic rings. The minimum Gasteiger partial charge on any atom is -0.351 e. The third kappa shape index (κ3) is 4.12. The molecule has 0 saturated carbocycles. The number of hydrogen-bond acceptors (Lipinski definition) is 6. The zero-order valence-electron chi connectivity index (χ0n) is 13.6. The molecule has 0 aliphatic heterocycles. The molecule has 0 bridgehead atoms. The topological polar surface area (TPSA) is 72.7 Å². The van der Waals surface area contributed by atoms with Crippen LogP contribution in [0.4, 0.5) is 0 Å². The Kier molecular flexibility index (Phi) is 5.47. The summed E-state index contributed by atoms with van der Waals surface area (Å²) in [6.07, 6.45) is 7.84. The third-order valence-electron chi connectivity index (χ3n) is 3.60. The summed E-state index contributed by atoms with van der Waals surface area (Å²) in [5.41, 5.74) is 0. The average molecular weight is 361 g/mol. The summed E-state index contributed by atoms with van der Waals surface area (Å²) in [5.74, 6) is 0.368. The van der Waals surface area contributed by atoms with Crippen LogP contribution in [-0.4, -0.2) is 37.2 Å². The Hall–Kier alpha value is -1.93. The summed E-state index contributed by atoms with van der Waals surface area (Å²) < 4.78 is 1.98. The fourth-order valence-electron chi connectivity index (χ4n) is 2.40. The zero-order valence-corrected chi connectivity index (χ0v) is 15.2. The second-order valence-corrected chi connectivity index (χ2v) is 7.67. The molecule has 8 heteroatoms. The fourth-order valence-corrected chi connectivity index (χ4v) is 4.09. The van der Waals surface area contributed by atoms with E-state index >= 15 is 0 Å². The lowest BCUT2D eigenvalue weighted by atomic mass is 10.2. The highest BCUT2D eigenvalue weighted by molar-refractivity contribution is 8.00. The number of hydrogen-bond donors (Lipinski definition) is 1. The maximum Gasteiger partial charge on any atom is 0.230 e. The van der Waals surface area contributed by atoms with Crippen molar-refractivity contribution in [3.8, 4) is 0 Å². The van der Waals surface area contributed by atoms with Gasteiger partial charge in [-0.1, -0.05) is 18.7 Å². The zero-order chi connectivity index (χ0) is 16.9. The lowest BCUT2D eigenvalue weighted by Gasteiger charge is -2.17. The Morgan fingerprint density at radius 1 is 1.46 bits per heavy atom. The van der Waals surface area contributed by atoms with Gasteiger partial charge in [0.15, 0.2) is 0 Å². The van der Waals surface area contributed by atoms with E-state index in [1.807, 2.05) is 10.8 Å². The van der Waals surface area contributed by atoms with E-state index in [2.05, 4.69) is 40.2 Å². The number of aryl methyl sites for hydroxylation is 1. The maximum atomic E-state index is 12.3. The van der Waals surface area contributed by atoms with Crippen LogP contribution in [0, 0.1) is 6.92 Å². The first-order valence-corrected chi connectivity index (χ1v) is 9.55. The van der Waals surface area contributed by atoms with Gasteiger partial charge < -0.3 is 9.88 Å². The first-order valence-electron chi connectivity index (χ1n) is 7.74. The molecule has 3 rings (SSSR count). The Labute approximate surface area is 148 Å². The molecule has 0 spiro atoms. The number of rotatable bonds is 7. The molecular weight excluding hydrogens is 342 g/mol. The monoisotopic (exact) mass is 361 g/mol. The molecule has 0 aromatic carbocycles. The molecule has 0 saturated heterocycles. The highest BCUT2D eigenvalue weighted by atomic mass is 32.2. The molecule has 1 amide bonds. The van der Waals surface area contributed by atoms with E-state index < -0.39 is 0 Å². The second-order valence-electron chi connectivity index (χ2n) is 5.48. The maximum absolute atomic E-state index is 12.3. The van der Waals surface area contributed by atoms with Gasteiger partial charge in [0.1, 0.15) is 16.2 Å². The molecule has 1 N–H and O–H groups in total. The normalized spacial score (nSPS) is 12.4. The van der Waals surface area contributed by atoms with E-state index in [0.717, 1.165) is 28.2 Å². The molecule has 1 atom stereocenters. The van der Waals surface area contributed by atoms with E-state index in [1.165, 1.54) is 16.6 Å². The Morgan fingerprint density at radius 2 is 2.33 bits per heavy atom. The Morgan fingerprint density at radius 3 is 3.08 bits per heavy atom. The van der Waals surface area contributed by atoms with Crippen molar-refractivity contribution in [3.63, 3.8) is 0 Å². The third-order valence-corrected chi connectivity index (χ3v) is 5.57. The van der Waals surface area contributed by atoms with Gasteiger partial charge in [0.05, 0.1) is 12.1 Å². The van der Waals surface area contributed by atoms with Crippen LogP contribution < -0.4 is 5.32 Å². The largest absolute Gasteiger partial charge is 0.351 e. The molecule has 0 aliphatic carbocycles. The molecule has 1 unspecified atom stereocenters. The number of nitrogens with one attached hydrogen (secondary N) is 1. The number of carbonyl (C=O) groups excluding carboxylic acids is 1. The van der Waals surface area contributed by atoms with Gasteiger partial charge in [-0.25, -0.2) is 15.0 Å². The van der Waals surface area contributed by atoms with Crippen LogP contribution in [0.2, 0.25) is 0 Å². The smallest absolute Gasteiger partial charge is 0.230 e. The highest BCUT2D eigenvalue weighted by Gasteiger charge is 2.13. The van der Waals surface area contributed by atoms with Crippen LogP contribution in [-0.2, 0) is 11.3 Å². The molecule has 3 aromatic heterocycles. The van der Waals surface area contributed by atoms with Crippen molar-refractivity contribution in [2.45, 2.75) is 37.9 Å². The standard InChI is InChI=1S/C16H19N5OS2/c1-3-12(7-21-5-4-17-10-21)20-14(22)8-23-15-13-6-11(2)24-16(13)19-9-18-15/h4-6,9-10,12H,3,7-8H2,1-2H3,(H,20,22). The van der Waals surface area contributed by atoms with Crippen molar-refractivity contribution in [2.24, 2.45) is 0 Å². The fraction of sp³-hybridized carbons (Fsp3) is 0.375. The summed E-state index contributed by atoms with van der Waals surface area (Å²) in [4.78, 5) is 27.0. The lowest BCUT2D eigenvalue weighted by molar-refractivity contribution is -0.119. The van der Waals surface area contributed by atoms with Crippen molar-refractivity contribution in [1.82, 2.24) is 24.8 Å². The van der Waals surface area contributed by atoms with Crippen molar-refractivity contribution in [3.05, 3.63) is 36.0 Å². The highest BCUT2D eigenvalue weighted by Crippen LogP contribution is 2.30. The summed E-state index contributed by atoms with van der Waals surface area (Å²) in [6.45, 7) is 4.85. The number of fused-ring (bicyclic) bond motifs is 1. The van der Waals surface area contributed by atoms with Gasteiger partial charge in [-0.2, -0.15) is 0 Å². The summed E-state index contributed by atoms with van der Waals surface area (Å²) in [7, 11) is 0. The minimum atomic E-state index is 0.0191. The summed E-state index contributed by atoms with van der Waals surface area (Å²) >= 11 is 3.10.